The monoisotopic (exact) mass is 365 g/mol. The second-order valence-corrected chi connectivity index (χ2v) is 7.20. The highest BCUT2D eigenvalue weighted by atomic mass is 79.9. The van der Waals surface area contributed by atoms with E-state index in [0.717, 1.165) is 14.5 Å². The third kappa shape index (κ3) is 3.17. The van der Waals surface area contributed by atoms with Crippen LogP contribution < -0.4 is 5.32 Å². The molecule has 1 N–H and O–H groups in total. The highest BCUT2D eigenvalue weighted by Crippen LogP contribution is 2.30. The molecule has 2 aromatic rings. The third-order valence-corrected chi connectivity index (χ3v) is 4.74. The number of hydrogen-bond acceptors (Lipinski definition) is 5. The molecule has 0 atom stereocenters. The molecule has 1 aromatic heterocycles. The number of amides is 1. The lowest BCUT2D eigenvalue weighted by Crippen LogP contribution is -2.19. The summed E-state index contributed by atoms with van der Waals surface area (Å²) >= 11 is 6.11. The largest absolute Gasteiger partial charge is 0.300 e. The second-order valence-electron chi connectivity index (χ2n) is 3.83. The average molecular weight is 366 g/mol. The van der Waals surface area contributed by atoms with Crippen LogP contribution in [0, 0.1) is 0 Å². The Bertz CT molecular complexity index is 709. The standard InChI is InChI=1S/C13H8BrN3OS2/c14-12-15-7-9(19-12)6-10-11(18)17-13(20-10)16-8-4-2-1-3-5-8/h1-7H,(H,16,17,18). The van der Waals surface area contributed by atoms with Crippen molar-refractivity contribution in [3.8, 4) is 0 Å². The molecule has 0 unspecified atom stereocenters. The van der Waals surface area contributed by atoms with E-state index < -0.39 is 0 Å². The molecule has 0 radical (unpaired) electrons. The van der Waals surface area contributed by atoms with Crippen LogP contribution in [0.5, 0.6) is 0 Å². The molecule has 1 saturated heterocycles. The number of nitrogens with zero attached hydrogens (tertiary/aromatic N) is 2. The van der Waals surface area contributed by atoms with E-state index >= 15 is 0 Å². The molecule has 0 aliphatic carbocycles. The first-order valence-corrected chi connectivity index (χ1v) is 8.09. The van der Waals surface area contributed by atoms with Crippen LogP contribution >= 0.6 is 39.0 Å². The molecule has 0 spiro atoms. The molecule has 7 heteroatoms. The minimum atomic E-state index is -0.130. The zero-order valence-electron chi connectivity index (χ0n) is 10.0. The topological polar surface area (TPSA) is 54.4 Å². The summed E-state index contributed by atoms with van der Waals surface area (Å²) in [5, 5.41) is 3.35. The minimum Gasteiger partial charge on any atom is -0.300 e. The van der Waals surface area contributed by atoms with E-state index in [4.69, 9.17) is 0 Å². The summed E-state index contributed by atoms with van der Waals surface area (Å²) in [7, 11) is 0. The molecule has 1 fully saturated rings. The number of nitrogens with one attached hydrogen (secondary N) is 1. The third-order valence-electron chi connectivity index (χ3n) is 2.41. The van der Waals surface area contributed by atoms with E-state index in [1.807, 2.05) is 36.4 Å². The summed E-state index contributed by atoms with van der Waals surface area (Å²) in [6.07, 6.45) is 3.54. The summed E-state index contributed by atoms with van der Waals surface area (Å²) in [5.74, 6) is -0.130. The van der Waals surface area contributed by atoms with Gasteiger partial charge < -0.3 is 5.32 Å². The maximum atomic E-state index is 11.9. The Morgan fingerprint density at radius 3 is 2.80 bits per heavy atom. The number of amidine groups is 1. The molecule has 0 bridgehead atoms. The number of rotatable bonds is 2. The van der Waals surface area contributed by atoms with Gasteiger partial charge >= 0.3 is 0 Å². The minimum absolute atomic E-state index is 0.130. The zero-order valence-corrected chi connectivity index (χ0v) is 13.3. The van der Waals surface area contributed by atoms with Crippen molar-refractivity contribution in [2.75, 3.05) is 0 Å². The molecule has 4 nitrogen and oxygen atoms in total. The first-order chi connectivity index (χ1) is 9.70. The van der Waals surface area contributed by atoms with Gasteiger partial charge in [-0.15, -0.1) is 11.3 Å². The predicted molar refractivity (Wildman–Crippen MR) is 87.1 cm³/mol. The summed E-state index contributed by atoms with van der Waals surface area (Å²) in [5.41, 5.74) is 0.817. The fourth-order valence-corrected chi connectivity index (χ4v) is 3.71. The van der Waals surface area contributed by atoms with E-state index in [2.05, 4.69) is 31.2 Å². The van der Waals surface area contributed by atoms with Crippen LogP contribution in [0.15, 0.2) is 50.3 Å². The van der Waals surface area contributed by atoms with Crippen molar-refractivity contribution in [2.24, 2.45) is 4.99 Å². The Labute approximate surface area is 132 Å². The molecule has 100 valence electrons. The van der Waals surface area contributed by atoms with Crippen molar-refractivity contribution in [2.45, 2.75) is 0 Å². The molecule has 0 saturated carbocycles. The van der Waals surface area contributed by atoms with Crippen LogP contribution in [0.4, 0.5) is 5.69 Å². The Kier molecular flexibility index (Phi) is 4.00. The molecular weight excluding hydrogens is 358 g/mol. The lowest BCUT2D eigenvalue weighted by Gasteiger charge is -1.94. The average Bonchev–Trinajstić information content (AvgIpc) is 2.98. The van der Waals surface area contributed by atoms with Crippen molar-refractivity contribution < 1.29 is 4.79 Å². The molecule has 2 heterocycles. The fraction of sp³-hybridized carbons (Fsp3) is 0. The smallest absolute Gasteiger partial charge is 0.264 e. The maximum absolute atomic E-state index is 11.9. The van der Waals surface area contributed by atoms with Crippen LogP contribution in [0.25, 0.3) is 6.08 Å². The summed E-state index contributed by atoms with van der Waals surface area (Å²) in [4.78, 5) is 21.9. The van der Waals surface area contributed by atoms with Crippen LogP contribution in [0.1, 0.15) is 4.88 Å². The van der Waals surface area contributed by atoms with Crippen molar-refractivity contribution in [1.82, 2.24) is 10.3 Å². The highest BCUT2D eigenvalue weighted by molar-refractivity contribution is 9.11. The van der Waals surface area contributed by atoms with E-state index in [0.29, 0.717) is 10.1 Å². The predicted octanol–water partition coefficient (Wildman–Crippen LogP) is 3.80. The van der Waals surface area contributed by atoms with E-state index in [1.54, 1.807) is 6.20 Å². The quantitative estimate of drug-likeness (QED) is 0.823. The number of benzene rings is 1. The van der Waals surface area contributed by atoms with Gasteiger partial charge in [-0.25, -0.2) is 9.98 Å². The van der Waals surface area contributed by atoms with E-state index in [1.165, 1.54) is 23.1 Å². The van der Waals surface area contributed by atoms with Crippen LogP contribution in [-0.4, -0.2) is 16.1 Å². The molecule has 1 aromatic carbocycles. The number of carbonyl (C=O) groups is 1. The number of aliphatic imine (C=N–C) groups is 1. The van der Waals surface area contributed by atoms with Crippen LogP contribution in [0.2, 0.25) is 0 Å². The van der Waals surface area contributed by atoms with Crippen molar-refractivity contribution in [1.29, 1.82) is 0 Å². The van der Waals surface area contributed by atoms with Gasteiger partial charge in [0, 0.05) is 11.1 Å². The molecule has 1 aliphatic rings. The summed E-state index contributed by atoms with van der Waals surface area (Å²) in [6, 6.07) is 9.53. The number of aromatic nitrogens is 1. The van der Waals surface area contributed by atoms with Gasteiger partial charge in [0.15, 0.2) is 9.08 Å². The summed E-state index contributed by atoms with van der Waals surface area (Å²) in [6.45, 7) is 0. The summed E-state index contributed by atoms with van der Waals surface area (Å²) < 4.78 is 0.797. The van der Waals surface area contributed by atoms with Crippen LogP contribution in [0.3, 0.4) is 0 Å². The number of carbonyl (C=O) groups excluding carboxylic acids is 1. The van der Waals surface area contributed by atoms with Crippen LogP contribution in [-0.2, 0) is 4.79 Å². The Hall–Kier alpha value is -1.44. The number of hydrogen-bond donors (Lipinski definition) is 1. The normalized spacial score (nSPS) is 18.8. The van der Waals surface area contributed by atoms with Gasteiger partial charge in [0.25, 0.3) is 5.91 Å². The lowest BCUT2D eigenvalue weighted by atomic mass is 10.3. The van der Waals surface area contributed by atoms with Crippen molar-refractivity contribution in [3.63, 3.8) is 0 Å². The van der Waals surface area contributed by atoms with Gasteiger partial charge in [-0.2, -0.15) is 0 Å². The number of thioether (sulfide) groups is 1. The van der Waals surface area contributed by atoms with Gasteiger partial charge in [-0.05, 0) is 45.9 Å². The number of halogens is 1. The number of thiazole rings is 1. The highest BCUT2D eigenvalue weighted by Gasteiger charge is 2.24. The molecule has 3 rings (SSSR count). The molecule has 1 aliphatic heterocycles. The SMILES string of the molecule is O=C1NC(=Nc2ccccc2)SC1=Cc1cnc(Br)s1. The molecule has 1 amide bonds. The van der Waals surface area contributed by atoms with E-state index in [-0.39, 0.29) is 5.91 Å². The fourth-order valence-electron chi connectivity index (χ4n) is 1.56. The van der Waals surface area contributed by atoms with Gasteiger partial charge in [0.05, 0.1) is 10.6 Å². The first-order valence-electron chi connectivity index (χ1n) is 5.67. The van der Waals surface area contributed by atoms with Gasteiger partial charge in [0.2, 0.25) is 0 Å². The Morgan fingerprint density at radius 2 is 2.10 bits per heavy atom. The Morgan fingerprint density at radius 1 is 1.30 bits per heavy atom. The molecule has 20 heavy (non-hydrogen) atoms. The van der Waals surface area contributed by atoms with E-state index in [9.17, 15) is 4.79 Å². The Balaban J connectivity index is 1.82. The lowest BCUT2D eigenvalue weighted by molar-refractivity contribution is -0.115. The second kappa shape index (κ2) is 5.90. The van der Waals surface area contributed by atoms with Crippen molar-refractivity contribution in [3.05, 3.63) is 50.2 Å². The molecular formula is C13H8BrN3OS2. The number of para-hydroxylation sites is 1. The maximum Gasteiger partial charge on any atom is 0.264 e. The van der Waals surface area contributed by atoms with Gasteiger partial charge in [0.1, 0.15) is 0 Å². The zero-order chi connectivity index (χ0) is 13.9. The van der Waals surface area contributed by atoms with Crippen molar-refractivity contribution >= 4 is 61.9 Å². The van der Waals surface area contributed by atoms with Gasteiger partial charge in [-0.1, -0.05) is 18.2 Å². The van der Waals surface area contributed by atoms with Gasteiger partial charge in [-0.3, -0.25) is 4.79 Å². The first kappa shape index (κ1) is 13.5.